The fourth-order valence-corrected chi connectivity index (χ4v) is 4.58. The van der Waals surface area contributed by atoms with Crippen LogP contribution in [0.5, 0.6) is 5.75 Å². The fraction of sp³-hybridized carbons (Fsp3) is 0.286. The minimum absolute atomic E-state index is 0.0378. The number of benzene rings is 1. The number of para-hydroxylation sites is 2. The molecule has 3 aromatic heterocycles. The van der Waals surface area contributed by atoms with Gasteiger partial charge in [-0.15, -0.1) is 10.2 Å². The molecule has 0 aliphatic heterocycles. The Balaban J connectivity index is 1.75. The van der Waals surface area contributed by atoms with Gasteiger partial charge in [0.1, 0.15) is 17.3 Å². The lowest BCUT2D eigenvalue weighted by molar-refractivity contribution is 0.413. The van der Waals surface area contributed by atoms with Gasteiger partial charge < -0.3 is 4.74 Å². The molecule has 0 fully saturated rings. The molecule has 4 rings (SSSR count). The maximum absolute atomic E-state index is 13.3. The SMILES string of the molecule is COc1ccccc1-n1c(NS(=O)(=O)C(C)C(C)c2ncc(F)cn2)nnc1-c1ccn(C)n1. The van der Waals surface area contributed by atoms with E-state index >= 15 is 0 Å². The maximum Gasteiger partial charge on any atom is 0.243 e. The van der Waals surface area contributed by atoms with Crippen molar-refractivity contribution in [1.82, 2.24) is 34.5 Å². The zero-order valence-corrected chi connectivity index (χ0v) is 19.7. The van der Waals surface area contributed by atoms with Crippen LogP contribution in [0.4, 0.5) is 10.3 Å². The Bertz CT molecular complexity index is 1400. The maximum atomic E-state index is 13.3. The second kappa shape index (κ2) is 9.17. The lowest BCUT2D eigenvalue weighted by Gasteiger charge is -2.20. The number of hydrogen-bond acceptors (Lipinski definition) is 8. The molecule has 1 aromatic carbocycles. The van der Waals surface area contributed by atoms with Gasteiger partial charge in [0.15, 0.2) is 11.6 Å². The molecule has 1 N–H and O–H groups in total. The second-order valence-corrected chi connectivity index (χ2v) is 9.67. The molecule has 178 valence electrons. The van der Waals surface area contributed by atoms with Gasteiger partial charge in [-0.1, -0.05) is 19.1 Å². The molecule has 0 amide bonds. The van der Waals surface area contributed by atoms with Crippen LogP contribution in [0.15, 0.2) is 48.9 Å². The molecule has 0 bridgehead atoms. The Morgan fingerprint density at radius 3 is 2.44 bits per heavy atom. The van der Waals surface area contributed by atoms with Gasteiger partial charge in [0.25, 0.3) is 0 Å². The highest BCUT2D eigenvalue weighted by atomic mass is 32.2. The lowest BCUT2D eigenvalue weighted by atomic mass is 10.1. The van der Waals surface area contributed by atoms with Crippen LogP contribution >= 0.6 is 0 Å². The van der Waals surface area contributed by atoms with E-state index in [1.807, 2.05) is 0 Å². The summed E-state index contributed by atoms with van der Waals surface area (Å²) < 4.78 is 50.9. The van der Waals surface area contributed by atoms with Crippen molar-refractivity contribution in [3.05, 3.63) is 60.6 Å². The van der Waals surface area contributed by atoms with E-state index in [-0.39, 0.29) is 11.8 Å². The van der Waals surface area contributed by atoms with E-state index in [9.17, 15) is 12.8 Å². The number of anilines is 1. The van der Waals surface area contributed by atoms with E-state index in [1.165, 1.54) is 18.6 Å². The molecule has 11 nitrogen and oxygen atoms in total. The van der Waals surface area contributed by atoms with E-state index in [4.69, 9.17) is 4.74 Å². The first-order valence-corrected chi connectivity index (χ1v) is 11.8. The Morgan fingerprint density at radius 1 is 1.09 bits per heavy atom. The molecule has 0 aliphatic carbocycles. The van der Waals surface area contributed by atoms with Crippen molar-refractivity contribution in [2.75, 3.05) is 11.8 Å². The molecule has 0 aliphatic rings. The van der Waals surface area contributed by atoms with Gasteiger partial charge in [0, 0.05) is 19.2 Å². The van der Waals surface area contributed by atoms with E-state index in [0.29, 0.717) is 23.0 Å². The molecule has 0 spiro atoms. The van der Waals surface area contributed by atoms with E-state index < -0.39 is 27.0 Å². The summed E-state index contributed by atoms with van der Waals surface area (Å²) in [5.41, 5.74) is 1.02. The van der Waals surface area contributed by atoms with E-state index in [1.54, 1.807) is 55.2 Å². The van der Waals surface area contributed by atoms with Crippen LogP contribution in [0.2, 0.25) is 0 Å². The summed E-state index contributed by atoms with van der Waals surface area (Å²) in [5.74, 6) is -0.247. The molecule has 0 radical (unpaired) electrons. The summed E-state index contributed by atoms with van der Waals surface area (Å²) in [5, 5.41) is 11.7. The quantitative estimate of drug-likeness (QED) is 0.402. The molecule has 0 saturated heterocycles. The summed E-state index contributed by atoms with van der Waals surface area (Å²) in [4.78, 5) is 7.83. The summed E-state index contributed by atoms with van der Waals surface area (Å²) >= 11 is 0. The van der Waals surface area contributed by atoms with Gasteiger partial charge in [-0.2, -0.15) is 5.10 Å². The smallest absolute Gasteiger partial charge is 0.243 e. The third-order valence-electron chi connectivity index (χ3n) is 5.41. The Kier molecular flexibility index (Phi) is 6.28. The van der Waals surface area contributed by atoms with Crippen LogP contribution in [-0.2, 0) is 17.1 Å². The Morgan fingerprint density at radius 2 is 1.79 bits per heavy atom. The van der Waals surface area contributed by atoms with Gasteiger partial charge >= 0.3 is 0 Å². The second-order valence-electron chi connectivity index (χ2n) is 7.63. The largest absolute Gasteiger partial charge is 0.495 e. The predicted octanol–water partition coefficient (Wildman–Crippen LogP) is 2.54. The first-order valence-electron chi connectivity index (χ1n) is 10.3. The zero-order chi connectivity index (χ0) is 24.5. The molecule has 2 unspecified atom stereocenters. The summed E-state index contributed by atoms with van der Waals surface area (Å²) in [6.07, 6.45) is 3.75. The number of methoxy groups -OCH3 is 1. The van der Waals surface area contributed by atoms with Gasteiger partial charge in [-0.25, -0.2) is 22.8 Å². The van der Waals surface area contributed by atoms with Crippen LogP contribution in [0.3, 0.4) is 0 Å². The van der Waals surface area contributed by atoms with Gasteiger partial charge in [0.2, 0.25) is 16.0 Å². The molecule has 2 atom stereocenters. The number of aromatic nitrogens is 7. The zero-order valence-electron chi connectivity index (χ0n) is 18.9. The standard InChI is InChI=1S/C21H23FN8O3S/c1-13(19-23-11-15(22)12-24-19)14(2)34(31,32)28-21-26-25-20(16-9-10-29(3)27-16)30(21)17-7-5-6-8-18(17)33-4/h5-14H,1-4H3,(H,26,28). The number of halogens is 1. The van der Waals surface area contributed by atoms with Gasteiger partial charge in [-0.3, -0.25) is 14.0 Å². The van der Waals surface area contributed by atoms with Crippen LogP contribution in [0, 0.1) is 5.82 Å². The average molecular weight is 487 g/mol. The number of aryl methyl sites for hydroxylation is 1. The Labute approximate surface area is 195 Å². The first kappa shape index (κ1) is 23.3. The number of nitrogens with zero attached hydrogens (tertiary/aromatic N) is 7. The molecule has 3 heterocycles. The molecule has 13 heteroatoms. The minimum Gasteiger partial charge on any atom is -0.495 e. The number of hydrogen-bond donors (Lipinski definition) is 1. The summed E-state index contributed by atoms with van der Waals surface area (Å²) in [6, 6.07) is 8.82. The highest BCUT2D eigenvalue weighted by Gasteiger charge is 2.32. The number of rotatable bonds is 8. The predicted molar refractivity (Wildman–Crippen MR) is 123 cm³/mol. The fourth-order valence-electron chi connectivity index (χ4n) is 3.35. The highest BCUT2D eigenvalue weighted by Crippen LogP contribution is 2.31. The first-order chi connectivity index (χ1) is 16.2. The van der Waals surface area contributed by atoms with Gasteiger partial charge in [0.05, 0.1) is 30.4 Å². The van der Waals surface area contributed by atoms with Crippen molar-refractivity contribution in [2.45, 2.75) is 25.0 Å². The van der Waals surface area contributed by atoms with Crippen molar-refractivity contribution in [1.29, 1.82) is 0 Å². The van der Waals surface area contributed by atoms with Crippen LogP contribution < -0.4 is 9.46 Å². The number of ether oxygens (including phenoxy) is 1. The Hall–Kier alpha value is -3.87. The minimum atomic E-state index is -4.00. The van der Waals surface area contributed by atoms with Gasteiger partial charge in [-0.05, 0) is 25.1 Å². The number of sulfonamides is 1. The average Bonchev–Trinajstić information content (AvgIpc) is 3.44. The van der Waals surface area contributed by atoms with Crippen molar-refractivity contribution in [3.63, 3.8) is 0 Å². The van der Waals surface area contributed by atoms with E-state index in [0.717, 1.165) is 12.4 Å². The molecule has 0 saturated carbocycles. The lowest BCUT2D eigenvalue weighted by Crippen LogP contribution is -2.31. The molecular weight excluding hydrogens is 463 g/mol. The van der Waals surface area contributed by atoms with Crippen LogP contribution in [0.25, 0.3) is 17.2 Å². The van der Waals surface area contributed by atoms with E-state index in [2.05, 4.69) is 30.0 Å². The topological polar surface area (TPSA) is 130 Å². The van der Waals surface area contributed by atoms with Crippen LogP contribution in [-0.4, -0.2) is 55.3 Å². The van der Waals surface area contributed by atoms with Crippen LogP contribution in [0.1, 0.15) is 25.6 Å². The van der Waals surface area contributed by atoms with Crippen molar-refractivity contribution >= 4 is 16.0 Å². The molecule has 34 heavy (non-hydrogen) atoms. The molecular formula is C21H23FN8O3S. The summed E-state index contributed by atoms with van der Waals surface area (Å²) in [7, 11) is -0.723. The van der Waals surface area contributed by atoms with Crippen molar-refractivity contribution in [3.8, 4) is 23.0 Å². The van der Waals surface area contributed by atoms with Crippen molar-refractivity contribution in [2.24, 2.45) is 7.05 Å². The van der Waals surface area contributed by atoms with Crippen molar-refractivity contribution < 1.29 is 17.5 Å². The third kappa shape index (κ3) is 4.46. The monoisotopic (exact) mass is 486 g/mol. The molecule has 4 aromatic rings. The normalized spacial score (nSPS) is 13.4. The highest BCUT2D eigenvalue weighted by molar-refractivity contribution is 7.93. The third-order valence-corrected chi connectivity index (χ3v) is 7.26. The number of nitrogens with one attached hydrogen (secondary N) is 1. The summed E-state index contributed by atoms with van der Waals surface area (Å²) in [6.45, 7) is 3.17.